The summed E-state index contributed by atoms with van der Waals surface area (Å²) in [7, 11) is -4.83. The molecule has 0 aliphatic heterocycles. The van der Waals surface area contributed by atoms with E-state index >= 15 is 0 Å². The highest BCUT2D eigenvalue weighted by molar-refractivity contribution is 7.52. The molecule has 0 spiro atoms. The van der Waals surface area contributed by atoms with Crippen molar-refractivity contribution in [3.05, 3.63) is 59.7 Å². The fraction of sp³-hybridized carbons (Fsp3) is 0.400. The first-order valence-electron chi connectivity index (χ1n) is 11.8. The molecule has 0 bridgehead atoms. The highest BCUT2D eigenvalue weighted by Gasteiger charge is 2.35. The highest BCUT2D eigenvalue weighted by atomic mass is 31.2. The fourth-order valence-corrected chi connectivity index (χ4v) is 4.38. The van der Waals surface area contributed by atoms with Crippen LogP contribution in [0.2, 0.25) is 0 Å². The summed E-state index contributed by atoms with van der Waals surface area (Å²) in [6, 6.07) is 9.44. The minimum atomic E-state index is -4.83. The van der Waals surface area contributed by atoms with Crippen LogP contribution >= 0.6 is 7.60 Å². The first kappa shape index (κ1) is 29.8. The van der Waals surface area contributed by atoms with E-state index < -0.39 is 43.2 Å². The van der Waals surface area contributed by atoms with Crippen LogP contribution in [0.15, 0.2) is 48.5 Å². The van der Waals surface area contributed by atoms with E-state index in [0.29, 0.717) is 17.5 Å². The Morgan fingerprint density at radius 3 is 1.73 bits per heavy atom. The van der Waals surface area contributed by atoms with Gasteiger partial charge < -0.3 is 36.0 Å². The number of phenolic OH excluding ortho intramolecular Hbond substituents is 2. The Bertz CT molecular complexity index is 1120. The van der Waals surface area contributed by atoms with Gasteiger partial charge in [-0.25, -0.2) is 0 Å². The smallest absolute Gasteiger partial charge is 0.347 e. The standard InChI is InChI=1S/C25H34N3O8P/c1-4-15(2)23(26-16(3)29)25(33)27-21(13-17-5-9-19(30)10-6-17)24(32)28-22(37(34,35)36)14-18-7-11-20(31)12-8-18/h5-12,15,21-23,30-31H,4,13-14H2,1-3H3,(H,26,29)(H,27,33)(H,28,32)(H2,34,35,36)/t15-,21+,22+,23+/m1/s1. The monoisotopic (exact) mass is 535 g/mol. The molecule has 4 atom stereocenters. The van der Waals surface area contributed by atoms with Crippen LogP contribution in [0.3, 0.4) is 0 Å². The van der Waals surface area contributed by atoms with Crippen LogP contribution in [-0.2, 0) is 31.8 Å². The van der Waals surface area contributed by atoms with Gasteiger partial charge in [-0.1, -0.05) is 44.5 Å². The quantitative estimate of drug-likeness (QED) is 0.200. The summed E-state index contributed by atoms with van der Waals surface area (Å²) in [5, 5.41) is 26.6. The number of carbonyl (C=O) groups is 3. The maximum Gasteiger partial charge on any atom is 0.347 e. The van der Waals surface area contributed by atoms with Crippen LogP contribution in [0.1, 0.15) is 38.3 Å². The maximum absolute atomic E-state index is 13.3. The number of rotatable bonds is 12. The molecule has 37 heavy (non-hydrogen) atoms. The highest BCUT2D eigenvalue weighted by Crippen LogP contribution is 2.41. The molecule has 11 nitrogen and oxygen atoms in total. The number of hydrogen-bond donors (Lipinski definition) is 7. The average Bonchev–Trinajstić information content (AvgIpc) is 2.83. The number of phenols is 2. The van der Waals surface area contributed by atoms with E-state index in [1.807, 2.05) is 6.92 Å². The third-order valence-electron chi connectivity index (χ3n) is 5.94. The minimum absolute atomic E-state index is 0.00624. The third kappa shape index (κ3) is 9.53. The van der Waals surface area contributed by atoms with Gasteiger partial charge >= 0.3 is 7.60 Å². The fourth-order valence-electron chi connectivity index (χ4n) is 3.63. The van der Waals surface area contributed by atoms with Crippen molar-refractivity contribution in [2.75, 3.05) is 0 Å². The van der Waals surface area contributed by atoms with E-state index in [4.69, 9.17) is 0 Å². The Kier molecular flexibility index (Phi) is 10.7. The Morgan fingerprint density at radius 1 is 0.811 bits per heavy atom. The van der Waals surface area contributed by atoms with Gasteiger partial charge in [0.1, 0.15) is 29.4 Å². The van der Waals surface area contributed by atoms with Crippen LogP contribution in [-0.4, -0.2) is 55.6 Å². The molecule has 2 aromatic carbocycles. The Balaban J connectivity index is 2.32. The minimum Gasteiger partial charge on any atom is -0.508 e. The van der Waals surface area contributed by atoms with Crippen LogP contribution in [0.4, 0.5) is 0 Å². The van der Waals surface area contributed by atoms with Gasteiger partial charge in [0.05, 0.1) is 0 Å². The van der Waals surface area contributed by atoms with Crippen LogP contribution < -0.4 is 16.0 Å². The summed E-state index contributed by atoms with van der Waals surface area (Å²) in [6.07, 6.45) is 0.301. The second-order valence-corrected chi connectivity index (χ2v) is 10.8. The van der Waals surface area contributed by atoms with Gasteiger partial charge in [-0.05, 0) is 41.3 Å². The Hall–Kier alpha value is -3.40. The predicted molar refractivity (Wildman–Crippen MR) is 137 cm³/mol. The lowest BCUT2D eigenvalue weighted by atomic mass is 9.97. The van der Waals surface area contributed by atoms with E-state index in [2.05, 4.69) is 16.0 Å². The second-order valence-electron chi connectivity index (χ2n) is 8.98. The van der Waals surface area contributed by atoms with Crippen LogP contribution in [0, 0.1) is 5.92 Å². The molecule has 0 fully saturated rings. The summed E-state index contributed by atoms with van der Waals surface area (Å²) in [5.74, 6) is -3.73. The number of carbonyl (C=O) groups excluding carboxylic acids is 3. The van der Waals surface area contributed by atoms with Crippen molar-refractivity contribution in [1.29, 1.82) is 0 Å². The van der Waals surface area contributed by atoms with Gasteiger partial charge in [0, 0.05) is 19.8 Å². The number of benzene rings is 2. The van der Waals surface area contributed by atoms with Gasteiger partial charge in [-0.15, -0.1) is 0 Å². The molecule has 0 aliphatic carbocycles. The van der Waals surface area contributed by atoms with Crippen molar-refractivity contribution < 1.29 is 38.9 Å². The molecular weight excluding hydrogens is 501 g/mol. The Morgan fingerprint density at radius 2 is 1.30 bits per heavy atom. The molecule has 0 heterocycles. The lowest BCUT2D eigenvalue weighted by Crippen LogP contribution is -2.57. The normalized spacial score (nSPS) is 14.6. The molecule has 0 radical (unpaired) electrons. The lowest BCUT2D eigenvalue weighted by molar-refractivity contribution is -0.132. The topological polar surface area (TPSA) is 185 Å². The SMILES string of the molecule is CC[C@@H](C)[C@H](NC(C)=O)C(=O)N[C@@H](Cc1ccc(O)cc1)C(=O)N[C@H](Cc1ccc(O)cc1)P(=O)(O)O. The molecule has 2 aromatic rings. The van der Waals surface area contributed by atoms with Gasteiger partial charge in [-0.2, -0.15) is 0 Å². The summed E-state index contributed by atoms with van der Waals surface area (Å²) in [6.45, 7) is 4.90. The van der Waals surface area contributed by atoms with E-state index in [-0.39, 0.29) is 30.3 Å². The largest absolute Gasteiger partial charge is 0.508 e. The molecule has 3 amide bonds. The lowest BCUT2D eigenvalue weighted by Gasteiger charge is -2.28. The van der Waals surface area contributed by atoms with Crippen molar-refractivity contribution in [2.24, 2.45) is 5.92 Å². The summed E-state index contributed by atoms with van der Waals surface area (Å²) in [5.41, 5.74) is 1.04. The number of nitrogens with one attached hydrogen (secondary N) is 3. The first-order valence-corrected chi connectivity index (χ1v) is 13.5. The van der Waals surface area contributed by atoms with Crippen molar-refractivity contribution in [3.63, 3.8) is 0 Å². The summed E-state index contributed by atoms with van der Waals surface area (Å²) >= 11 is 0. The molecule has 0 aromatic heterocycles. The molecule has 202 valence electrons. The summed E-state index contributed by atoms with van der Waals surface area (Å²) in [4.78, 5) is 57.9. The van der Waals surface area contributed by atoms with Gasteiger partial charge in [0.25, 0.3) is 0 Å². The molecule has 7 N–H and O–H groups in total. The van der Waals surface area contributed by atoms with Gasteiger partial charge in [-0.3, -0.25) is 18.9 Å². The molecule has 0 saturated heterocycles. The summed E-state index contributed by atoms with van der Waals surface area (Å²) < 4.78 is 12.2. The zero-order chi connectivity index (χ0) is 27.8. The van der Waals surface area contributed by atoms with Crippen molar-refractivity contribution in [3.8, 4) is 11.5 Å². The van der Waals surface area contributed by atoms with Crippen molar-refractivity contribution in [2.45, 2.75) is 57.9 Å². The second kappa shape index (κ2) is 13.2. The van der Waals surface area contributed by atoms with Gasteiger partial charge in [0.2, 0.25) is 17.7 Å². The number of amides is 3. The third-order valence-corrected chi connectivity index (χ3v) is 7.07. The van der Waals surface area contributed by atoms with E-state index in [1.54, 1.807) is 19.1 Å². The van der Waals surface area contributed by atoms with E-state index in [1.165, 1.54) is 43.3 Å². The molecule has 0 aliphatic rings. The number of hydrogen-bond acceptors (Lipinski definition) is 6. The molecule has 0 saturated carbocycles. The maximum atomic E-state index is 13.3. The van der Waals surface area contributed by atoms with Crippen LogP contribution in [0.5, 0.6) is 11.5 Å². The first-order chi connectivity index (χ1) is 17.3. The zero-order valence-electron chi connectivity index (χ0n) is 20.9. The zero-order valence-corrected chi connectivity index (χ0v) is 21.8. The molecular formula is C25H34N3O8P. The average molecular weight is 536 g/mol. The number of aromatic hydroxyl groups is 2. The molecule has 0 unspecified atom stereocenters. The van der Waals surface area contributed by atoms with Gasteiger partial charge in [0.15, 0.2) is 0 Å². The van der Waals surface area contributed by atoms with E-state index in [9.17, 15) is 38.9 Å². The Labute approximate surface area is 215 Å². The van der Waals surface area contributed by atoms with Crippen molar-refractivity contribution in [1.82, 2.24) is 16.0 Å². The predicted octanol–water partition coefficient (Wildman–Crippen LogP) is 1.54. The molecule has 2 rings (SSSR count). The van der Waals surface area contributed by atoms with Crippen LogP contribution in [0.25, 0.3) is 0 Å². The molecule has 12 heteroatoms. The van der Waals surface area contributed by atoms with E-state index in [0.717, 1.165) is 0 Å². The van der Waals surface area contributed by atoms with Crippen molar-refractivity contribution >= 4 is 25.3 Å².